The summed E-state index contributed by atoms with van der Waals surface area (Å²) < 4.78 is 16.2. The van der Waals surface area contributed by atoms with Gasteiger partial charge < -0.3 is 19.2 Å². The molecule has 1 rings (SSSR count). The first-order valence-corrected chi connectivity index (χ1v) is 6.61. The van der Waals surface area contributed by atoms with Crippen LogP contribution in [0.5, 0.6) is 11.6 Å². The van der Waals surface area contributed by atoms with E-state index in [4.69, 9.17) is 14.1 Å². The van der Waals surface area contributed by atoms with E-state index in [9.17, 15) is 5.11 Å². The average molecular weight is 280 g/mol. The van der Waals surface area contributed by atoms with E-state index in [-0.39, 0.29) is 0 Å². The minimum atomic E-state index is -0.966. The number of pyridine rings is 1. The minimum Gasteiger partial charge on any atom is -0.491 e. The van der Waals surface area contributed by atoms with Crippen LogP contribution in [-0.2, 0) is 4.65 Å². The van der Waals surface area contributed by atoms with E-state index in [0.29, 0.717) is 18.2 Å². The first-order valence-electron chi connectivity index (χ1n) is 6.61. The topological polar surface area (TPSA) is 60.8 Å². The second kappa shape index (κ2) is 6.46. The van der Waals surface area contributed by atoms with Gasteiger partial charge in [-0.25, -0.2) is 4.98 Å². The van der Waals surface area contributed by atoms with Gasteiger partial charge in [0.05, 0.1) is 24.9 Å². The van der Waals surface area contributed by atoms with Crippen LogP contribution in [0.3, 0.4) is 0 Å². The van der Waals surface area contributed by atoms with E-state index in [1.165, 1.54) is 0 Å². The van der Waals surface area contributed by atoms with Crippen LogP contribution in [0.25, 0.3) is 0 Å². The molecule has 1 N–H and O–H groups in total. The van der Waals surface area contributed by atoms with Crippen molar-refractivity contribution in [3.63, 3.8) is 0 Å². The second-order valence-corrected chi connectivity index (χ2v) is 5.51. The van der Waals surface area contributed by atoms with E-state index in [2.05, 4.69) is 4.98 Å². The van der Waals surface area contributed by atoms with Crippen LogP contribution in [0.15, 0.2) is 12.3 Å². The SMILES string of the molecule is CCOc1ncc([B]OC(C)(C)C(C)(C)O)cc1OC. The number of rotatable bonds is 7. The predicted molar refractivity (Wildman–Crippen MR) is 78.8 cm³/mol. The highest BCUT2D eigenvalue weighted by atomic mass is 16.5. The highest BCUT2D eigenvalue weighted by molar-refractivity contribution is 6.47. The van der Waals surface area contributed by atoms with Crippen LogP contribution < -0.4 is 14.9 Å². The Hall–Kier alpha value is -1.27. The van der Waals surface area contributed by atoms with Gasteiger partial charge in [-0.05, 0) is 46.1 Å². The van der Waals surface area contributed by atoms with E-state index < -0.39 is 11.2 Å². The zero-order valence-electron chi connectivity index (χ0n) is 13.1. The van der Waals surface area contributed by atoms with Crippen molar-refractivity contribution in [3.8, 4) is 11.6 Å². The largest absolute Gasteiger partial charge is 0.491 e. The third-order valence-electron chi connectivity index (χ3n) is 3.30. The van der Waals surface area contributed by atoms with E-state index in [0.717, 1.165) is 5.46 Å². The molecule has 0 aliphatic rings. The van der Waals surface area contributed by atoms with E-state index >= 15 is 0 Å². The molecule has 0 unspecified atom stereocenters. The minimum absolute atomic E-state index is 0.453. The van der Waals surface area contributed by atoms with Crippen LogP contribution in [-0.4, -0.2) is 42.5 Å². The van der Waals surface area contributed by atoms with Gasteiger partial charge in [0, 0.05) is 6.20 Å². The van der Waals surface area contributed by atoms with E-state index in [1.54, 1.807) is 40.7 Å². The zero-order valence-corrected chi connectivity index (χ0v) is 13.1. The molecule has 111 valence electrons. The first-order chi connectivity index (χ1) is 9.21. The van der Waals surface area contributed by atoms with Gasteiger partial charge in [-0.15, -0.1) is 0 Å². The second-order valence-electron chi connectivity index (χ2n) is 5.51. The van der Waals surface area contributed by atoms with Crippen molar-refractivity contribution < 1.29 is 19.2 Å². The number of hydrogen-bond donors (Lipinski definition) is 1. The maximum atomic E-state index is 10.0. The Morgan fingerprint density at radius 1 is 1.30 bits per heavy atom. The van der Waals surface area contributed by atoms with Gasteiger partial charge in [0.25, 0.3) is 5.88 Å². The van der Waals surface area contributed by atoms with Gasteiger partial charge in [0.2, 0.25) is 0 Å². The predicted octanol–water partition coefficient (Wildman–Crippen LogP) is 1.30. The third kappa shape index (κ3) is 4.11. The summed E-state index contributed by atoms with van der Waals surface area (Å²) in [6, 6.07) is 1.78. The number of aromatic nitrogens is 1. The normalized spacial score (nSPS) is 12.2. The van der Waals surface area contributed by atoms with Crippen LogP contribution in [0, 0.1) is 0 Å². The van der Waals surface area contributed by atoms with Crippen molar-refractivity contribution >= 4 is 12.9 Å². The highest BCUT2D eigenvalue weighted by Crippen LogP contribution is 2.25. The fourth-order valence-corrected chi connectivity index (χ4v) is 1.26. The third-order valence-corrected chi connectivity index (χ3v) is 3.30. The number of aliphatic hydroxyl groups is 1. The molecule has 1 radical (unpaired) electrons. The molecule has 20 heavy (non-hydrogen) atoms. The smallest absolute Gasteiger partial charge is 0.332 e. The van der Waals surface area contributed by atoms with Crippen LogP contribution in [0.1, 0.15) is 34.6 Å². The zero-order chi connectivity index (χ0) is 15.4. The Balaban J connectivity index is 2.79. The maximum absolute atomic E-state index is 10.0. The van der Waals surface area contributed by atoms with Crippen molar-refractivity contribution in [3.05, 3.63) is 12.3 Å². The molecular formula is C14H23BNO4. The molecule has 5 nitrogen and oxygen atoms in total. The summed E-state index contributed by atoms with van der Waals surface area (Å²) in [5.41, 5.74) is -0.951. The molecule has 1 aromatic rings. The Kier molecular flexibility index (Phi) is 5.42. The number of nitrogens with zero attached hydrogens (tertiary/aromatic N) is 1. The summed E-state index contributed by atoms with van der Waals surface area (Å²) >= 11 is 0. The van der Waals surface area contributed by atoms with Gasteiger partial charge in [-0.2, -0.15) is 0 Å². The van der Waals surface area contributed by atoms with Gasteiger partial charge in [0.1, 0.15) is 0 Å². The monoisotopic (exact) mass is 280 g/mol. The highest BCUT2D eigenvalue weighted by Gasteiger charge is 2.35. The molecule has 1 aromatic heterocycles. The van der Waals surface area contributed by atoms with Gasteiger partial charge in [-0.3, -0.25) is 0 Å². The Morgan fingerprint density at radius 2 is 1.95 bits per heavy atom. The molecule has 0 atom stereocenters. The summed E-state index contributed by atoms with van der Waals surface area (Å²) in [6.45, 7) is 9.46. The molecule has 6 heteroatoms. The molecule has 0 saturated carbocycles. The number of methoxy groups -OCH3 is 1. The molecule has 0 aliphatic carbocycles. The standard InChI is InChI=1S/C14H23BNO4/c1-7-19-12-11(18-6)8-10(9-16-12)15-20-14(4,5)13(2,3)17/h8-9,17H,7H2,1-6H3. The Morgan fingerprint density at radius 3 is 2.45 bits per heavy atom. The summed E-state index contributed by atoms with van der Waals surface area (Å²) in [6.07, 6.45) is 1.63. The Bertz CT molecular complexity index is 443. The first kappa shape index (κ1) is 16.8. The van der Waals surface area contributed by atoms with Gasteiger partial charge >= 0.3 is 7.48 Å². The summed E-state index contributed by atoms with van der Waals surface area (Å²) in [5.74, 6) is 0.999. The molecular weight excluding hydrogens is 257 g/mol. The Labute approximate surface area is 121 Å². The maximum Gasteiger partial charge on any atom is 0.332 e. The van der Waals surface area contributed by atoms with Crippen molar-refractivity contribution in [1.29, 1.82) is 0 Å². The lowest BCUT2D eigenvalue weighted by molar-refractivity contribution is -0.0893. The van der Waals surface area contributed by atoms with Crippen molar-refractivity contribution in [2.24, 2.45) is 0 Å². The lowest BCUT2D eigenvalue weighted by atomic mass is 9.83. The van der Waals surface area contributed by atoms with Gasteiger partial charge in [-0.1, -0.05) is 0 Å². The fourth-order valence-electron chi connectivity index (χ4n) is 1.26. The molecule has 0 fully saturated rings. The molecule has 1 heterocycles. The van der Waals surface area contributed by atoms with Crippen molar-refractivity contribution in [2.75, 3.05) is 13.7 Å². The van der Waals surface area contributed by atoms with Crippen LogP contribution in [0.2, 0.25) is 0 Å². The molecule has 0 aromatic carbocycles. The van der Waals surface area contributed by atoms with Crippen molar-refractivity contribution in [1.82, 2.24) is 4.98 Å². The lowest BCUT2D eigenvalue weighted by Crippen LogP contribution is -2.49. The molecule has 0 saturated heterocycles. The molecule has 0 spiro atoms. The quantitative estimate of drug-likeness (QED) is 0.763. The number of hydrogen-bond acceptors (Lipinski definition) is 5. The molecule has 0 amide bonds. The van der Waals surface area contributed by atoms with E-state index in [1.807, 2.05) is 20.8 Å². The lowest BCUT2D eigenvalue weighted by Gasteiger charge is -2.37. The molecule has 0 aliphatic heterocycles. The summed E-state index contributed by atoms with van der Waals surface area (Å²) in [7, 11) is 3.12. The van der Waals surface area contributed by atoms with Crippen LogP contribution >= 0.6 is 0 Å². The average Bonchev–Trinajstić information content (AvgIpc) is 2.36. The molecule has 0 bridgehead atoms. The fraction of sp³-hybridized carbons (Fsp3) is 0.643. The number of ether oxygens (including phenoxy) is 2. The van der Waals surface area contributed by atoms with Crippen LogP contribution in [0.4, 0.5) is 0 Å². The summed E-state index contributed by atoms with van der Waals surface area (Å²) in [5, 5.41) is 10.0. The van der Waals surface area contributed by atoms with Gasteiger partial charge in [0.15, 0.2) is 5.75 Å². The summed E-state index contributed by atoms with van der Waals surface area (Å²) in [4.78, 5) is 4.18. The van der Waals surface area contributed by atoms with Crippen molar-refractivity contribution in [2.45, 2.75) is 45.8 Å².